The van der Waals surface area contributed by atoms with Gasteiger partial charge in [-0.15, -0.1) is 0 Å². The average Bonchev–Trinajstić information content (AvgIpc) is 3.37. The summed E-state index contributed by atoms with van der Waals surface area (Å²) in [5.74, 6) is 0.0917. The highest BCUT2D eigenvalue weighted by Gasteiger charge is 2.58. The average molecular weight is 381 g/mol. The first-order valence-corrected chi connectivity index (χ1v) is 9.88. The van der Waals surface area contributed by atoms with Crippen molar-refractivity contribution in [1.82, 2.24) is 24.3 Å². The van der Waals surface area contributed by atoms with Gasteiger partial charge in [-0.05, 0) is 38.0 Å². The number of nitrogens with zero attached hydrogens (tertiary/aromatic N) is 5. The van der Waals surface area contributed by atoms with Crippen LogP contribution in [0.3, 0.4) is 0 Å². The number of likely N-dealkylation sites (tertiary alicyclic amines) is 2. The molecule has 0 saturated carbocycles. The maximum absolute atomic E-state index is 13.6. The van der Waals surface area contributed by atoms with Gasteiger partial charge in [0.15, 0.2) is 0 Å². The van der Waals surface area contributed by atoms with E-state index < -0.39 is 5.41 Å². The molecule has 2 saturated heterocycles. The zero-order valence-corrected chi connectivity index (χ0v) is 16.7. The Labute approximate surface area is 165 Å². The Kier molecular flexibility index (Phi) is 4.69. The molecule has 7 heteroatoms. The van der Waals surface area contributed by atoms with Crippen LogP contribution in [0.15, 0.2) is 37.1 Å². The highest BCUT2D eigenvalue weighted by atomic mass is 16.2. The highest BCUT2D eigenvalue weighted by Crippen LogP contribution is 2.49. The van der Waals surface area contributed by atoms with Crippen LogP contribution in [-0.2, 0) is 16.1 Å². The van der Waals surface area contributed by atoms with E-state index in [9.17, 15) is 9.59 Å². The number of hydrogen-bond donors (Lipinski definition) is 0. The van der Waals surface area contributed by atoms with Crippen molar-refractivity contribution in [2.24, 2.45) is 5.41 Å². The number of carbonyl (C=O) groups is 2. The molecule has 0 unspecified atom stereocenters. The zero-order valence-electron chi connectivity index (χ0n) is 16.7. The predicted molar refractivity (Wildman–Crippen MR) is 104 cm³/mol. The van der Waals surface area contributed by atoms with E-state index >= 15 is 0 Å². The van der Waals surface area contributed by atoms with Gasteiger partial charge in [0.1, 0.15) is 0 Å². The third kappa shape index (κ3) is 3.08. The van der Waals surface area contributed by atoms with E-state index in [-0.39, 0.29) is 17.7 Å². The second-order valence-electron chi connectivity index (χ2n) is 8.28. The Morgan fingerprint density at radius 2 is 2.07 bits per heavy atom. The van der Waals surface area contributed by atoms with E-state index in [1.165, 1.54) is 0 Å². The van der Waals surface area contributed by atoms with Crippen molar-refractivity contribution in [2.45, 2.75) is 45.7 Å². The van der Waals surface area contributed by atoms with E-state index in [2.05, 4.69) is 28.4 Å². The van der Waals surface area contributed by atoms with Gasteiger partial charge < -0.3 is 14.4 Å². The molecule has 0 N–H and O–H groups in total. The van der Waals surface area contributed by atoms with Gasteiger partial charge in [-0.25, -0.2) is 4.98 Å². The second kappa shape index (κ2) is 7.04. The summed E-state index contributed by atoms with van der Waals surface area (Å²) in [6, 6.07) is 4.19. The number of carbonyl (C=O) groups excluding carboxylic acids is 2. The minimum atomic E-state index is -0.575. The van der Waals surface area contributed by atoms with Crippen LogP contribution >= 0.6 is 0 Å². The van der Waals surface area contributed by atoms with Crippen molar-refractivity contribution < 1.29 is 9.59 Å². The number of imidazole rings is 1. The normalized spacial score (nSPS) is 24.7. The molecule has 2 amide bonds. The lowest BCUT2D eigenvalue weighted by molar-refractivity contribution is -0.137. The minimum absolute atomic E-state index is 0.0190. The first-order chi connectivity index (χ1) is 13.4. The van der Waals surface area contributed by atoms with Crippen molar-refractivity contribution in [3.05, 3.63) is 48.3 Å². The van der Waals surface area contributed by atoms with Crippen molar-refractivity contribution in [3.8, 4) is 0 Å². The van der Waals surface area contributed by atoms with Crippen LogP contribution in [0, 0.1) is 5.41 Å². The molecule has 2 aromatic heterocycles. The van der Waals surface area contributed by atoms with E-state index in [1.807, 2.05) is 34.5 Å². The van der Waals surface area contributed by atoms with Crippen LogP contribution in [0.1, 0.15) is 50.4 Å². The first kappa shape index (κ1) is 18.7. The van der Waals surface area contributed by atoms with Crippen molar-refractivity contribution in [2.75, 3.05) is 19.6 Å². The topological polar surface area (TPSA) is 71.3 Å². The lowest BCUT2D eigenvalue weighted by Crippen LogP contribution is -2.40. The molecule has 0 aliphatic carbocycles. The largest absolute Gasteiger partial charge is 0.341 e. The monoisotopic (exact) mass is 381 g/mol. The van der Waals surface area contributed by atoms with Gasteiger partial charge in [0, 0.05) is 63.7 Å². The van der Waals surface area contributed by atoms with Crippen LogP contribution in [0.2, 0.25) is 0 Å². The van der Waals surface area contributed by atoms with Gasteiger partial charge in [-0.1, -0.05) is 0 Å². The Morgan fingerprint density at radius 1 is 1.32 bits per heavy atom. The van der Waals surface area contributed by atoms with Crippen LogP contribution in [0.25, 0.3) is 0 Å². The molecule has 148 valence electrons. The van der Waals surface area contributed by atoms with E-state index in [0.717, 1.165) is 17.7 Å². The van der Waals surface area contributed by atoms with E-state index in [0.29, 0.717) is 32.2 Å². The SMILES string of the molecule is CC(=O)N1C[C@@H](c2cn(C(C)C)cn2)[C@@]2(CCN(Cc3ccncc3)C2=O)C1. The van der Waals surface area contributed by atoms with Gasteiger partial charge in [0.25, 0.3) is 0 Å². The van der Waals surface area contributed by atoms with Crippen LogP contribution in [-0.4, -0.2) is 55.8 Å². The van der Waals surface area contributed by atoms with Crippen molar-refractivity contribution >= 4 is 11.8 Å². The predicted octanol–water partition coefficient (Wildman–Crippen LogP) is 2.22. The molecule has 4 rings (SSSR count). The molecular formula is C21H27N5O2. The molecule has 0 bridgehead atoms. The highest BCUT2D eigenvalue weighted by molar-refractivity contribution is 5.88. The number of rotatable bonds is 4. The van der Waals surface area contributed by atoms with Crippen molar-refractivity contribution in [1.29, 1.82) is 0 Å². The molecular weight excluding hydrogens is 354 g/mol. The third-order valence-electron chi connectivity index (χ3n) is 6.23. The molecule has 0 aromatic carbocycles. The number of hydrogen-bond acceptors (Lipinski definition) is 4. The molecule has 4 heterocycles. The van der Waals surface area contributed by atoms with E-state index in [4.69, 9.17) is 0 Å². The summed E-state index contributed by atoms with van der Waals surface area (Å²) in [6.45, 7) is 8.11. The summed E-state index contributed by atoms with van der Waals surface area (Å²) in [6.07, 6.45) is 8.12. The fourth-order valence-electron chi connectivity index (χ4n) is 4.53. The van der Waals surface area contributed by atoms with Crippen molar-refractivity contribution in [3.63, 3.8) is 0 Å². The van der Waals surface area contributed by atoms with Gasteiger partial charge in [-0.3, -0.25) is 14.6 Å². The lowest BCUT2D eigenvalue weighted by atomic mass is 9.75. The molecule has 2 atom stereocenters. The van der Waals surface area contributed by atoms with Crippen LogP contribution in [0.4, 0.5) is 0 Å². The Hall–Kier alpha value is -2.70. The summed E-state index contributed by atoms with van der Waals surface area (Å²) < 4.78 is 2.06. The fraction of sp³-hybridized carbons (Fsp3) is 0.524. The molecule has 0 radical (unpaired) electrons. The lowest BCUT2D eigenvalue weighted by Gasteiger charge is -2.27. The summed E-state index contributed by atoms with van der Waals surface area (Å²) in [4.78, 5) is 38.1. The molecule has 1 spiro atoms. The molecule has 7 nitrogen and oxygen atoms in total. The standard InChI is InChI=1S/C21H27N5O2/c1-15(2)26-12-19(23-14-26)18-11-25(16(3)27)13-21(18)6-9-24(20(21)28)10-17-4-7-22-8-5-17/h4-5,7-8,12,14-15,18H,6,9-11,13H2,1-3H3/t18-,21+/m0/s1. The third-order valence-corrected chi connectivity index (χ3v) is 6.23. The van der Waals surface area contributed by atoms with Crippen LogP contribution in [0.5, 0.6) is 0 Å². The summed E-state index contributed by atoms with van der Waals surface area (Å²) in [5.41, 5.74) is 1.41. The summed E-state index contributed by atoms with van der Waals surface area (Å²) in [5, 5.41) is 0. The smallest absolute Gasteiger partial charge is 0.231 e. The molecule has 2 aliphatic heterocycles. The van der Waals surface area contributed by atoms with Crippen LogP contribution < -0.4 is 0 Å². The fourth-order valence-corrected chi connectivity index (χ4v) is 4.53. The molecule has 28 heavy (non-hydrogen) atoms. The zero-order chi connectivity index (χ0) is 19.9. The summed E-state index contributed by atoms with van der Waals surface area (Å²) in [7, 11) is 0. The summed E-state index contributed by atoms with van der Waals surface area (Å²) >= 11 is 0. The maximum Gasteiger partial charge on any atom is 0.231 e. The Morgan fingerprint density at radius 3 is 2.71 bits per heavy atom. The van der Waals surface area contributed by atoms with Gasteiger partial charge in [0.05, 0.1) is 17.4 Å². The van der Waals surface area contributed by atoms with Gasteiger partial charge >= 0.3 is 0 Å². The minimum Gasteiger partial charge on any atom is -0.341 e. The Balaban J connectivity index is 1.64. The molecule has 2 aromatic rings. The Bertz CT molecular complexity index is 878. The van der Waals surface area contributed by atoms with E-state index in [1.54, 1.807) is 19.3 Å². The molecule has 2 fully saturated rings. The maximum atomic E-state index is 13.6. The molecule has 2 aliphatic rings. The first-order valence-electron chi connectivity index (χ1n) is 9.88. The number of amides is 2. The van der Waals surface area contributed by atoms with Gasteiger partial charge in [0.2, 0.25) is 11.8 Å². The quantitative estimate of drug-likeness (QED) is 0.814. The number of pyridine rings is 1. The second-order valence-corrected chi connectivity index (χ2v) is 8.28. The number of aromatic nitrogens is 3. The van der Waals surface area contributed by atoms with Gasteiger partial charge in [-0.2, -0.15) is 0 Å².